The lowest BCUT2D eigenvalue weighted by Gasteiger charge is -2.27. The molecule has 0 radical (unpaired) electrons. The second kappa shape index (κ2) is 6.72. The molecule has 1 heterocycles. The number of rotatable bonds is 5. The van der Waals surface area contributed by atoms with Crippen LogP contribution in [0.15, 0.2) is 30.6 Å². The molecule has 0 fully saturated rings. The number of carbonyl (C=O) groups is 1. The lowest BCUT2D eigenvalue weighted by atomic mass is 10.1. The van der Waals surface area contributed by atoms with E-state index in [0.29, 0.717) is 23.7 Å². The zero-order valence-corrected chi connectivity index (χ0v) is 13.2. The minimum Gasteiger partial charge on any atom is -0.335 e. The fraction of sp³-hybridized carbons (Fsp3) is 0.400. The van der Waals surface area contributed by atoms with Crippen molar-refractivity contribution < 1.29 is 4.79 Å². The molecule has 5 nitrogen and oxygen atoms in total. The molecule has 0 saturated carbocycles. The number of aryl methyl sites for hydroxylation is 1. The summed E-state index contributed by atoms with van der Waals surface area (Å²) in [5.74, 6) is 0.349. The van der Waals surface area contributed by atoms with Crippen LogP contribution in [0.3, 0.4) is 0 Å². The summed E-state index contributed by atoms with van der Waals surface area (Å²) in [6, 6.07) is 5.64. The number of amides is 1. The summed E-state index contributed by atoms with van der Waals surface area (Å²) in [4.78, 5) is 16.1. The fourth-order valence-electron chi connectivity index (χ4n) is 2.23. The highest BCUT2D eigenvalue weighted by atomic mass is 35.5. The topological polar surface area (TPSA) is 51.0 Å². The van der Waals surface area contributed by atoms with Gasteiger partial charge in [-0.3, -0.25) is 4.79 Å². The molecule has 0 bridgehead atoms. The first kappa shape index (κ1) is 15.5. The molecule has 0 aliphatic carbocycles. The normalized spacial score (nSPS) is 12.2. The lowest BCUT2D eigenvalue weighted by Crippen LogP contribution is -2.40. The molecule has 0 aliphatic heterocycles. The van der Waals surface area contributed by atoms with E-state index in [-0.39, 0.29) is 11.9 Å². The molecular weight excluding hydrogens is 288 g/mol. The van der Waals surface area contributed by atoms with Gasteiger partial charge in [-0.25, -0.2) is 0 Å². The quantitative estimate of drug-likeness (QED) is 0.798. The third kappa shape index (κ3) is 3.24. The summed E-state index contributed by atoms with van der Waals surface area (Å²) < 4.78 is 0. The van der Waals surface area contributed by atoms with Crippen molar-refractivity contribution in [2.24, 2.45) is 0 Å². The molecule has 0 saturated heterocycles. The Labute approximate surface area is 129 Å². The second-order valence-corrected chi connectivity index (χ2v) is 5.24. The van der Waals surface area contributed by atoms with E-state index in [0.717, 1.165) is 5.56 Å². The highest BCUT2D eigenvalue weighted by Gasteiger charge is 2.23. The first-order valence-corrected chi connectivity index (χ1v) is 7.46. The Morgan fingerprint density at radius 3 is 2.62 bits per heavy atom. The van der Waals surface area contributed by atoms with E-state index >= 15 is 0 Å². The maximum atomic E-state index is 12.8. The number of nitrogens with zero attached hydrogens (tertiary/aromatic N) is 4. The monoisotopic (exact) mass is 306 g/mol. The number of benzene rings is 1. The standard InChI is InChI=1S/C15H19ClN4O/c1-4-19(12(3)10-16)15(21)13-9-11(2)5-6-14(13)20-17-7-8-18-20/h5-9,12H,4,10H2,1-3H3/t12-/m0/s1. The Hall–Kier alpha value is -1.88. The molecule has 0 N–H and O–H groups in total. The lowest BCUT2D eigenvalue weighted by molar-refractivity contribution is 0.0718. The number of hydrogen-bond acceptors (Lipinski definition) is 3. The van der Waals surface area contributed by atoms with Crippen LogP contribution in [0.4, 0.5) is 0 Å². The summed E-state index contributed by atoms with van der Waals surface area (Å²) in [6.45, 7) is 6.45. The van der Waals surface area contributed by atoms with Crippen molar-refractivity contribution in [1.29, 1.82) is 0 Å². The van der Waals surface area contributed by atoms with Gasteiger partial charge >= 0.3 is 0 Å². The third-order valence-electron chi connectivity index (χ3n) is 3.37. The Kier molecular flexibility index (Phi) is 4.96. The van der Waals surface area contributed by atoms with Crippen molar-refractivity contribution in [3.05, 3.63) is 41.7 Å². The van der Waals surface area contributed by atoms with Crippen LogP contribution in [0, 0.1) is 6.92 Å². The largest absolute Gasteiger partial charge is 0.335 e. The van der Waals surface area contributed by atoms with E-state index in [4.69, 9.17) is 11.6 Å². The molecule has 6 heteroatoms. The number of halogens is 1. The van der Waals surface area contributed by atoms with Crippen molar-refractivity contribution in [2.45, 2.75) is 26.8 Å². The van der Waals surface area contributed by atoms with Gasteiger partial charge in [-0.1, -0.05) is 11.6 Å². The molecule has 21 heavy (non-hydrogen) atoms. The molecule has 2 rings (SSSR count). The summed E-state index contributed by atoms with van der Waals surface area (Å²) in [6.07, 6.45) is 3.18. The van der Waals surface area contributed by atoms with Crippen molar-refractivity contribution in [1.82, 2.24) is 19.9 Å². The molecule has 0 unspecified atom stereocenters. The summed E-state index contributed by atoms with van der Waals surface area (Å²) in [5, 5.41) is 8.24. The van der Waals surface area contributed by atoms with Gasteiger partial charge in [0.25, 0.3) is 5.91 Å². The Morgan fingerprint density at radius 2 is 2.05 bits per heavy atom. The highest BCUT2D eigenvalue weighted by molar-refractivity contribution is 6.18. The minimum absolute atomic E-state index is 0.0249. The molecule has 2 aromatic rings. The average Bonchev–Trinajstić information content (AvgIpc) is 3.01. The van der Waals surface area contributed by atoms with Gasteiger partial charge < -0.3 is 4.90 Å². The van der Waals surface area contributed by atoms with Crippen LogP contribution < -0.4 is 0 Å². The van der Waals surface area contributed by atoms with Crippen LogP contribution in [-0.4, -0.2) is 44.3 Å². The predicted octanol–water partition coefficient (Wildman–Crippen LogP) is 2.67. The molecule has 0 spiro atoms. The average molecular weight is 307 g/mol. The summed E-state index contributed by atoms with van der Waals surface area (Å²) in [7, 11) is 0. The number of alkyl halides is 1. The van der Waals surface area contributed by atoms with Crippen molar-refractivity contribution in [3.63, 3.8) is 0 Å². The van der Waals surface area contributed by atoms with Crippen molar-refractivity contribution in [2.75, 3.05) is 12.4 Å². The van der Waals surface area contributed by atoms with Crippen LogP contribution in [0.25, 0.3) is 5.69 Å². The number of hydrogen-bond donors (Lipinski definition) is 0. The van der Waals surface area contributed by atoms with Gasteiger partial charge in [0.05, 0.1) is 23.6 Å². The molecule has 1 amide bonds. The molecule has 0 aliphatic rings. The summed E-state index contributed by atoms with van der Waals surface area (Å²) in [5.41, 5.74) is 2.28. The van der Waals surface area contributed by atoms with E-state index < -0.39 is 0 Å². The van der Waals surface area contributed by atoms with Crippen molar-refractivity contribution >= 4 is 17.5 Å². The molecule has 1 atom stereocenters. The van der Waals surface area contributed by atoms with Crippen molar-refractivity contribution in [3.8, 4) is 5.69 Å². The highest BCUT2D eigenvalue weighted by Crippen LogP contribution is 2.18. The SMILES string of the molecule is CCN(C(=O)c1cc(C)ccc1-n1nccn1)[C@@H](C)CCl. The Bertz CT molecular complexity index is 612. The third-order valence-corrected chi connectivity index (χ3v) is 3.82. The maximum Gasteiger partial charge on any atom is 0.256 e. The van der Waals surface area contributed by atoms with Gasteiger partial charge in [-0.15, -0.1) is 11.6 Å². The zero-order valence-electron chi connectivity index (χ0n) is 12.5. The minimum atomic E-state index is -0.0540. The number of carbonyl (C=O) groups excluding carboxylic acids is 1. The van der Waals surface area contributed by atoms with Crippen LogP contribution in [0.5, 0.6) is 0 Å². The summed E-state index contributed by atoms with van der Waals surface area (Å²) >= 11 is 5.90. The molecule has 1 aromatic heterocycles. The van der Waals surface area contributed by atoms with E-state index in [1.807, 2.05) is 39.0 Å². The van der Waals surface area contributed by atoms with E-state index in [9.17, 15) is 4.79 Å². The van der Waals surface area contributed by atoms with Gasteiger partial charge in [0, 0.05) is 18.5 Å². The van der Waals surface area contributed by atoms with E-state index in [1.165, 1.54) is 4.80 Å². The van der Waals surface area contributed by atoms with Crippen LogP contribution in [0.1, 0.15) is 29.8 Å². The number of aromatic nitrogens is 3. The Balaban J connectivity index is 2.47. The van der Waals surface area contributed by atoms with Gasteiger partial charge in [-0.05, 0) is 32.9 Å². The predicted molar refractivity (Wildman–Crippen MR) is 83.0 cm³/mol. The maximum absolute atomic E-state index is 12.8. The van der Waals surface area contributed by atoms with Gasteiger partial charge in [0.1, 0.15) is 0 Å². The van der Waals surface area contributed by atoms with Crippen LogP contribution >= 0.6 is 11.6 Å². The first-order valence-electron chi connectivity index (χ1n) is 6.92. The van der Waals surface area contributed by atoms with E-state index in [2.05, 4.69) is 10.2 Å². The van der Waals surface area contributed by atoms with Gasteiger partial charge in [0.2, 0.25) is 0 Å². The van der Waals surface area contributed by atoms with Gasteiger partial charge in [0.15, 0.2) is 0 Å². The second-order valence-electron chi connectivity index (χ2n) is 4.93. The molecular formula is C15H19ClN4O. The van der Waals surface area contributed by atoms with E-state index in [1.54, 1.807) is 17.3 Å². The fourth-order valence-corrected chi connectivity index (χ4v) is 2.40. The zero-order chi connectivity index (χ0) is 15.4. The smallest absolute Gasteiger partial charge is 0.256 e. The van der Waals surface area contributed by atoms with Gasteiger partial charge in [-0.2, -0.15) is 15.0 Å². The van der Waals surface area contributed by atoms with Crippen LogP contribution in [-0.2, 0) is 0 Å². The van der Waals surface area contributed by atoms with Crippen LogP contribution in [0.2, 0.25) is 0 Å². The Morgan fingerprint density at radius 1 is 1.38 bits per heavy atom. The molecule has 1 aromatic carbocycles. The molecule has 112 valence electrons. The first-order chi connectivity index (χ1) is 10.1.